The maximum atomic E-state index is 9.73. The smallest absolute Gasteiger partial charge is 0.265 e. The Kier molecular flexibility index (Phi) is 9.31. The third-order valence-electron chi connectivity index (χ3n) is 2.13. The first-order valence-corrected chi connectivity index (χ1v) is 5.43. The normalized spacial score (nSPS) is 8.48. The van der Waals surface area contributed by atoms with Gasteiger partial charge in [0.15, 0.2) is 0 Å². The van der Waals surface area contributed by atoms with Crippen LogP contribution in [0.25, 0.3) is 0 Å². The van der Waals surface area contributed by atoms with E-state index in [4.69, 9.17) is 10.4 Å². The maximum absolute atomic E-state index is 9.73. The second kappa shape index (κ2) is 10.5. The monoisotopic (exact) mass is 331 g/mol. The van der Waals surface area contributed by atoms with E-state index in [1.165, 1.54) is 0 Å². The summed E-state index contributed by atoms with van der Waals surface area (Å²) in [6.07, 6.45) is 0. The molecule has 0 aliphatic carbocycles. The van der Waals surface area contributed by atoms with Gasteiger partial charge in [-0.15, -0.1) is 20.2 Å². The van der Waals surface area contributed by atoms with E-state index in [0.717, 1.165) is 0 Å². The molecular weight excluding hydrogens is 319 g/mol. The van der Waals surface area contributed by atoms with Crippen LogP contribution in [0.1, 0.15) is 0 Å². The number of nitrogens with zero attached hydrogens (tertiary/aromatic N) is 4. The number of hydrogen-bond acceptors (Lipinski definition) is 6. The molecule has 8 nitrogen and oxygen atoms in total. The minimum Gasteiger partial charge on any atom is -0.265 e. The van der Waals surface area contributed by atoms with Crippen LogP contribution in [0.2, 0.25) is 0 Å². The maximum Gasteiger partial charge on any atom is 2.00 e. The minimum absolute atomic E-state index is 0. The Bertz CT molecular complexity index is 480. The summed E-state index contributed by atoms with van der Waals surface area (Å²) in [7, 11) is 0. The van der Waals surface area contributed by atoms with Crippen LogP contribution in [0.5, 0.6) is 0 Å². The van der Waals surface area contributed by atoms with Crippen LogP contribution in [-0.4, -0.2) is 10.4 Å². The van der Waals surface area contributed by atoms with E-state index in [9.17, 15) is 9.81 Å². The van der Waals surface area contributed by atoms with Crippen molar-refractivity contribution >= 4 is 11.4 Å². The van der Waals surface area contributed by atoms with Crippen molar-refractivity contribution < 1.29 is 27.5 Å². The van der Waals surface area contributed by atoms with Crippen molar-refractivity contribution in [2.45, 2.75) is 0 Å². The van der Waals surface area contributed by atoms with Crippen LogP contribution >= 0.6 is 0 Å². The molecule has 2 aromatic rings. The van der Waals surface area contributed by atoms with Gasteiger partial charge in [-0.05, 0) is 24.3 Å². The van der Waals surface area contributed by atoms with Crippen molar-refractivity contribution in [3.8, 4) is 0 Å². The summed E-state index contributed by atoms with van der Waals surface area (Å²) in [5, 5.41) is 22.5. The number of anilines is 2. The minimum atomic E-state index is 0. The molecule has 0 aliphatic heterocycles. The molecule has 0 heterocycles. The van der Waals surface area contributed by atoms with Gasteiger partial charge in [0.1, 0.15) is 0 Å². The van der Waals surface area contributed by atoms with Gasteiger partial charge in [0.2, 0.25) is 0 Å². The van der Waals surface area contributed by atoms with Gasteiger partial charge in [-0.1, -0.05) is 36.4 Å². The molecule has 0 saturated carbocycles. The summed E-state index contributed by atoms with van der Waals surface area (Å²) < 4.78 is 0. The third-order valence-corrected chi connectivity index (χ3v) is 2.13. The number of para-hydroxylation sites is 2. The zero-order valence-corrected chi connectivity index (χ0v) is 11.8. The van der Waals surface area contributed by atoms with Gasteiger partial charge in [0.05, 0.1) is 21.9 Å². The molecule has 2 aromatic carbocycles. The summed E-state index contributed by atoms with van der Waals surface area (Å²) >= 11 is 0. The van der Waals surface area contributed by atoms with Crippen molar-refractivity contribution in [2.24, 2.45) is 10.6 Å². The Morgan fingerprint density at radius 1 is 0.667 bits per heavy atom. The predicted octanol–water partition coefficient (Wildman–Crippen LogP) is 3.12. The van der Waals surface area contributed by atoms with E-state index in [2.05, 4.69) is 10.6 Å². The van der Waals surface area contributed by atoms with Crippen molar-refractivity contribution in [3.63, 3.8) is 0 Å². The van der Waals surface area contributed by atoms with E-state index in [1.54, 1.807) is 60.7 Å². The van der Waals surface area contributed by atoms with Gasteiger partial charge in [0, 0.05) is 0 Å². The van der Waals surface area contributed by atoms with Crippen LogP contribution in [0, 0.1) is 9.81 Å². The number of nitroso groups, excluding NO2 is 2. The van der Waals surface area contributed by atoms with Crippen LogP contribution in [0.15, 0.2) is 71.2 Å². The van der Waals surface area contributed by atoms with E-state index in [1.807, 2.05) is 0 Å². The summed E-state index contributed by atoms with van der Waals surface area (Å²) in [6.45, 7) is 0. The molecule has 1 radical (unpaired) electrons. The molecule has 0 fully saturated rings. The molecule has 21 heavy (non-hydrogen) atoms. The predicted molar refractivity (Wildman–Crippen MR) is 73.0 cm³/mol. The Morgan fingerprint density at radius 3 is 1.19 bits per heavy atom. The average molecular weight is 331 g/mol. The molecule has 109 valence electrons. The molecule has 0 amide bonds. The summed E-state index contributed by atoms with van der Waals surface area (Å²) in [4.78, 5) is 19.5. The Morgan fingerprint density at radius 2 is 0.952 bits per heavy atom. The van der Waals surface area contributed by atoms with E-state index in [-0.39, 0.29) is 27.4 Å². The Labute approximate surface area is 130 Å². The topological polar surface area (TPSA) is 106 Å². The molecule has 0 saturated heterocycles. The molecule has 0 spiro atoms. The van der Waals surface area contributed by atoms with Crippen LogP contribution in [0.3, 0.4) is 0 Å². The molecule has 0 bridgehead atoms. The number of rotatable bonds is 4. The number of hydrogen-bond donors (Lipinski definition) is 2. The van der Waals surface area contributed by atoms with Gasteiger partial charge in [-0.25, -0.2) is 0 Å². The average Bonchev–Trinajstić information content (AvgIpc) is 2.55. The fourth-order valence-corrected chi connectivity index (χ4v) is 1.22. The van der Waals surface area contributed by atoms with Crippen molar-refractivity contribution in [3.05, 3.63) is 70.5 Å². The first kappa shape index (κ1) is 18.7. The largest absolute Gasteiger partial charge is 2.00 e. The third kappa shape index (κ3) is 6.59. The van der Waals surface area contributed by atoms with E-state index >= 15 is 0 Å². The van der Waals surface area contributed by atoms with Crippen LogP contribution in [-0.2, 0) is 17.1 Å². The zero-order chi connectivity index (χ0) is 14.8. The molecule has 0 aliphatic rings. The molecule has 0 aromatic heterocycles. The van der Waals surface area contributed by atoms with Gasteiger partial charge in [-0.2, -0.15) is 0 Å². The van der Waals surface area contributed by atoms with Crippen molar-refractivity contribution in [2.75, 3.05) is 10.3 Å². The Balaban J connectivity index is 0.000000364. The molecular formula is C12H12MnN4O4+2. The van der Waals surface area contributed by atoms with Gasteiger partial charge in [-0.3, -0.25) is 10.4 Å². The van der Waals surface area contributed by atoms with E-state index < -0.39 is 0 Å². The second-order valence-corrected chi connectivity index (χ2v) is 3.41. The summed E-state index contributed by atoms with van der Waals surface area (Å²) in [6, 6.07) is 16.6. The summed E-state index contributed by atoms with van der Waals surface area (Å²) in [5.41, 5.74) is 0.718. The number of benzene rings is 2. The van der Waals surface area contributed by atoms with Gasteiger partial charge >= 0.3 is 17.1 Å². The summed E-state index contributed by atoms with van der Waals surface area (Å²) in [5.74, 6) is 0. The molecule has 0 unspecified atom stereocenters. The van der Waals surface area contributed by atoms with Crippen molar-refractivity contribution in [1.82, 2.24) is 0 Å². The zero-order valence-electron chi connectivity index (χ0n) is 10.7. The molecule has 9 heteroatoms. The fourth-order valence-electron chi connectivity index (χ4n) is 1.22. The second-order valence-electron chi connectivity index (χ2n) is 3.41. The quantitative estimate of drug-likeness (QED) is 0.506. The molecule has 2 rings (SSSR count). The van der Waals surface area contributed by atoms with Crippen molar-refractivity contribution in [1.29, 1.82) is 0 Å². The van der Waals surface area contributed by atoms with Crippen LogP contribution < -0.4 is 10.3 Å². The SMILES string of the molecule is O=NN(O)c1ccccc1.O=NN(O)c1ccccc1.[Mn+2]. The molecule has 2 N–H and O–H groups in total. The molecule has 0 atom stereocenters. The first-order valence-electron chi connectivity index (χ1n) is 5.43. The Hall–Kier alpha value is -2.32. The standard InChI is InChI=1S/2C6H6N2O2.Mn/c2*9-7-8(10)6-4-2-1-3-5-6;/h2*1-5,10H;/q;;+2. The van der Waals surface area contributed by atoms with E-state index in [0.29, 0.717) is 11.4 Å². The first-order chi connectivity index (χ1) is 9.69. The fraction of sp³-hybridized carbons (Fsp3) is 0. The van der Waals surface area contributed by atoms with Gasteiger partial charge < -0.3 is 0 Å². The van der Waals surface area contributed by atoms with Gasteiger partial charge in [0.25, 0.3) is 0 Å². The van der Waals surface area contributed by atoms with Crippen LogP contribution in [0.4, 0.5) is 11.4 Å².